The van der Waals surface area contributed by atoms with Gasteiger partial charge in [0.1, 0.15) is 0 Å². The number of hydrogen-bond acceptors (Lipinski definition) is 3. The van der Waals surface area contributed by atoms with Crippen molar-refractivity contribution >= 4 is 40.9 Å². The number of anilines is 1. The number of rotatable bonds is 9. The number of carbonyl (C=O) groups is 1. The average Bonchev–Trinajstić information content (AvgIpc) is 2.63. The van der Waals surface area contributed by atoms with Gasteiger partial charge in [-0.3, -0.25) is 4.79 Å². The monoisotopic (exact) mass is 407 g/mol. The van der Waals surface area contributed by atoms with Gasteiger partial charge in [-0.2, -0.15) is 0 Å². The number of methoxy groups -OCH3 is 1. The van der Waals surface area contributed by atoms with Crippen LogP contribution in [0.15, 0.2) is 42.5 Å². The molecule has 0 atom stereocenters. The summed E-state index contributed by atoms with van der Waals surface area (Å²) in [4.78, 5) is 12.1. The van der Waals surface area contributed by atoms with Crippen LogP contribution in [-0.2, 0) is 4.79 Å². The summed E-state index contributed by atoms with van der Waals surface area (Å²) in [7, 11) is 1.59. The van der Waals surface area contributed by atoms with E-state index in [-0.39, 0.29) is 5.91 Å². The van der Waals surface area contributed by atoms with Crippen molar-refractivity contribution in [2.45, 2.75) is 26.2 Å². The zero-order valence-electron chi connectivity index (χ0n) is 15.4. The van der Waals surface area contributed by atoms with E-state index in [0.29, 0.717) is 33.8 Å². The normalized spacial score (nSPS) is 10.8. The molecule has 2 aromatic carbocycles. The molecule has 27 heavy (non-hydrogen) atoms. The van der Waals surface area contributed by atoms with Gasteiger partial charge in [0.15, 0.2) is 11.5 Å². The fraction of sp³-hybridized carbons (Fsp3) is 0.286. The molecule has 0 radical (unpaired) electrons. The first-order valence-electron chi connectivity index (χ1n) is 8.78. The fourth-order valence-electron chi connectivity index (χ4n) is 2.42. The van der Waals surface area contributed by atoms with Gasteiger partial charge in [0.25, 0.3) is 0 Å². The Morgan fingerprint density at radius 3 is 2.48 bits per heavy atom. The van der Waals surface area contributed by atoms with E-state index in [9.17, 15) is 4.79 Å². The Kier molecular flexibility index (Phi) is 8.49. The zero-order valence-corrected chi connectivity index (χ0v) is 16.9. The minimum absolute atomic E-state index is 0.285. The molecule has 0 spiro atoms. The third-order valence-corrected chi connectivity index (χ3v) is 4.19. The molecule has 4 nitrogen and oxygen atoms in total. The quantitative estimate of drug-likeness (QED) is 0.396. The second-order valence-electron chi connectivity index (χ2n) is 5.95. The van der Waals surface area contributed by atoms with Crippen molar-refractivity contribution in [2.75, 3.05) is 19.0 Å². The SMILES string of the molecule is CCCCCOc1ccc(C=CC(=O)Nc2cc(Cl)cc(Cl)c2)cc1OC. The molecule has 0 fully saturated rings. The van der Waals surface area contributed by atoms with Crippen LogP contribution in [0.2, 0.25) is 10.0 Å². The number of unbranched alkanes of at least 4 members (excludes halogenated alkanes) is 2. The van der Waals surface area contributed by atoms with E-state index < -0.39 is 0 Å². The Balaban J connectivity index is 1.99. The van der Waals surface area contributed by atoms with E-state index in [1.807, 2.05) is 18.2 Å². The first-order valence-corrected chi connectivity index (χ1v) is 9.53. The van der Waals surface area contributed by atoms with Gasteiger partial charge < -0.3 is 14.8 Å². The van der Waals surface area contributed by atoms with Crippen molar-refractivity contribution in [3.8, 4) is 11.5 Å². The largest absolute Gasteiger partial charge is 0.493 e. The van der Waals surface area contributed by atoms with E-state index in [1.54, 1.807) is 31.4 Å². The van der Waals surface area contributed by atoms with Crippen LogP contribution in [0.3, 0.4) is 0 Å². The van der Waals surface area contributed by atoms with Gasteiger partial charge in [-0.25, -0.2) is 0 Å². The molecule has 0 bridgehead atoms. The number of benzene rings is 2. The topological polar surface area (TPSA) is 47.6 Å². The molecule has 0 aromatic heterocycles. The highest BCUT2D eigenvalue weighted by atomic mass is 35.5. The minimum atomic E-state index is -0.285. The highest BCUT2D eigenvalue weighted by Gasteiger charge is 2.06. The summed E-state index contributed by atoms with van der Waals surface area (Å²) in [5.41, 5.74) is 1.36. The molecule has 2 rings (SSSR count). The maximum Gasteiger partial charge on any atom is 0.248 e. The van der Waals surface area contributed by atoms with Gasteiger partial charge in [-0.1, -0.05) is 49.0 Å². The van der Waals surface area contributed by atoms with E-state index >= 15 is 0 Å². The maximum atomic E-state index is 12.1. The number of carbonyl (C=O) groups excluding carboxylic acids is 1. The third-order valence-electron chi connectivity index (χ3n) is 3.75. The Labute approximate surface area is 170 Å². The van der Waals surface area contributed by atoms with Crippen LogP contribution >= 0.6 is 23.2 Å². The molecule has 144 valence electrons. The minimum Gasteiger partial charge on any atom is -0.493 e. The third kappa shape index (κ3) is 7.16. The summed E-state index contributed by atoms with van der Waals surface area (Å²) in [6.07, 6.45) is 6.43. The summed E-state index contributed by atoms with van der Waals surface area (Å²) in [6.45, 7) is 2.81. The molecule has 0 unspecified atom stereocenters. The average molecular weight is 408 g/mol. The second-order valence-corrected chi connectivity index (χ2v) is 6.82. The number of nitrogens with one attached hydrogen (secondary N) is 1. The van der Waals surface area contributed by atoms with E-state index in [1.165, 1.54) is 6.08 Å². The smallest absolute Gasteiger partial charge is 0.248 e. The molecule has 0 saturated carbocycles. The summed E-state index contributed by atoms with van der Waals surface area (Å²) in [5, 5.41) is 3.64. The maximum absolute atomic E-state index is 12.1. The lowest BCUT2D eigenvalue weighted by atomic mass is 10.2. The standard InChI is InChI=1S/C21H23Cl2NO3/c1-3-4-5-10-27-19-8-6-15(11-20(19)26-2)7-9-21(25)24-18-13-16(22)12-17(23)14-18/h6-9,11-14H,3-5,10H2,1-2H3,(H,24,25). The van der Waals surface area contributed by atoms with Crippen LogP contribution in [0.5, 0.6) is 11.5 Å². The van der Waals surface area contributed by atoms with Gasteiger partial charge >= 0.3 is 0 Å². The molecule has 0 saturated heterocycles. The molecule has 2 aromatic rings. The lowest BCUT2D eigenvalue weighted by Gasteiger charge is -2.11. The Morgan fingerprint density at radius 1 is 1.07 bits per heavy atom. The van der Waals surface area contributed by atoms with E-state index in [0.717, 1.165) is 24.8 Å². The van der Waals surface area contributed by atoms with Crippen LogP contribution in [0, 0.1) is 0 Å². The summed E-state index contributed by atoms with van der Waals surface area (Å²) < 4.78 is 11.1. The van der Waals surface area contributed by atoms with Crippen molar-refractivity contribution in [1.29, 1.82) is 0 Å². The van der Waals surface area contributed by atoms with Gasteiger partial charge in [0.05, 0.1) is 13.7 Å². The fourth-order valence-corrected chi connectivity index (χ4v) is 2.95. The number of ether oxygens (including phenoxy) is 2. The first kappa shape index (κ1) is 21.1. The Bertz CT molecular complexity index is 786. The number of halogens is 2. The Hall–Kier alpha value is -2.17. The number of hydrogen-bond donors (Lipinski definition) is 1. The van der Waals surface area contributed by atoms with Crippen molar-refractivity contribution in [3.05, 3.63) is 58.1 Å². The predicted octanol–water partition coefficient (Wildman–Crippen LogP) is 6.22. The summed E-state index contributed by atoms with van der Waals surface area (Å²) >= 11 is 11.9. The van der Waals surface area contributed by atoms with E-state index in [2.05, 4.69) is 12.2 Å². The lowest BCUT2D eigenvalue weighted by molar-refractivity contribution is -0.111. The zero-order chi connectivity index (χ0) is 19.6. The highest BCUT2D eigenvalue weighted by molar-refractivity contribution is 6.35. The van der Waals surface area contributed by atoms with Crippen LogP contribution in [0.25, 0.3) is 6.08 Å². The van der Waals surface area contributed by atoms with Gasteiger partial charge in [0, 0.05) is 21.8 Å². The van der Waals surface area contributed by atoms with E-state index in [4.69, 9.17) is 32.7 Å². The highest BCUT2D eigenvalue weighted by Crippen LogP contribution is 2.29. The molecule has 0 aliphatic heterocycles. The van der Waals surface area contributed by atoms with Crippen LogP contribution in [-0.4, -0.2) is 19.6 Å². The number of amides is 1. The first-order chi connectivity index (χ1) is 13.0. The van der Waals surface area contributed by atoms with Gasteiger partial charge in [-0.05, 0) is 48.4 Å². The molecular formula is C21H23Cl2NO3. The molecule has 0 aliphatic rings. The van der Waals surface area contributed by atoms with Crippen molar-refractivity contribution in [2.24, 2.45) is 0 Å². The lowest BCUT2D eigenvalue weighted by Crippen LogP contribution is -2.07. The molecule has 1 amide bonds. The van der Waals surface area contributed by atoms with Crippen LogP contribution in [0.4, 0.5) is 5.69 Å². The predicted molar refractivity (Wildman–Crippen MR) is 112 cm³/mol. The van der Waals surface area contributed by atoms with Crippen LogP contribution in [0.1, 0.15) is 31.7 Å². The molecule has 0 heterocycles. The second kappa shape index (κ2) is 10.9. The van der Waals surface area contributed by atoms with Gasteiger partial charge in [0.2, 0.25) is 5.91 Å². The van der Waals surface area contributed by atoms with Crippen molar-refractivity contribution in [1.82, 2.24) is 0 Å². The van der Waals surface area contributed by atoms with Crippen LogP contribution < -0.4 is 14.8 Å². The summed E-state index contributed by atoms with van der Waals surface area (Å²) in [6, 6.07) is 10.4. The van der Waals surface area contributed by atoms with Crippen molar-refractivity contribution in [3.63, 3.8) is 0 Å². The van der Waals surface area contributed by atoms with Crippen molar-refractivity contribution < 1.29 is 14.3 Å². The van der Waals surface area contributed by atoms with Gasteiger partial charge in [-0.15, -0.1) is 0 Å². The molecule has 1 N–H and O–H groups in total. The molecular weight excluding hydrogens is 385 g/mol. The Morgan fingerprint density at radius 2 is 1.81 bits per heavy atom. The molecule has 6 heteroatoms. The summed E-state index contributed by atoms with van der Waals surface area (Å²) in [5.74, 6) is 1.05. The molecule has 0 aliphatic carbocycles.